The van der Waals surface area contributed by atoms with Crippen molar-refractivity contribution in [3.8, 4) is 17.7 Å². The molecular weight excluding hydrogens is 442 g/mol. The summed E-state index contributed by atoms with van der Waals surface area (Å²) in [6.07, 6.45) is 5.36. The predicted molar refractivity (Wildman–Crippen MR) is 130 cm³/mol. The van der Waals surface area contributed by atoms with Gasteiger partial charge in [0.2, 0.25) is 5.95 Å². The number of carbonyl (C=O) groups excluding carboxylic acids is 1. The van der Waals surface area contributed by atoms with Crippen molar-refractivity contribution in [2.45, 2.75) is 18.8 Å². The zero-order valence-corrected chi connectivity index (χ0v) is 19.0. The first-order chi connectivity index (χ1) is 17.2. The molecule has 3 aromatic heterocycles. The van der Waals surface area contributed by atoms with Gasteiger partial charge in [-0.15, -0.1) is 0 Å². The summed E-state index contributed by atoms with van der Waals surface area (Å²) in [5.74, 6) is 7.31. The third-order valence-corrected chi connectivity index (χ3v) is 6.41. The Kier molecular flexibility index (Phi) is 5.35. The topological polar surface area (TPSA) is 112 Å². The first kappa shape index (κ1) is 21.3. The molecule has 0 radical (unpaired) electrons. The zero-order valence-electron chi connectivity index (χ0n) is 19.0. The number of pyridine rings is 1. The van der Waals surface area contributed by atoms with Gasteiger partial charge >= 0.3 is 0 Å². The molecule has 1 amide bonds. The standard InChI is InChI=1S/C26H23N7O2/c27-26-29-11-9-22(30-26)33-21-16-17(3-5-19-7-6-18-2-1-10-28-23(18)19)4-8-20(21)24(31-33)25(34)32-12-14-35-15-13-32/h1-2,4,8-11,16,19H,6-7,12-15H2,(H2,27,29,30). The molecule has 0 saturated carbocycles. The number of ether oxygens (including phenoxy) is 1. The van der Waals surface area contributed by atoms with Gasteiger partial charge in [0.05, 0.1) is 30.3 Å². The summed E-state index contributed by atoms with van der Waals surface area (Å²) in [7, 11) is 0. The summed E-state index contributed by atoms with van der Waals surface area (Å²) in [5, 5.41) is 5.40. The molecule has 2 N–H and O–H groups in total. The summed E-state index contributed by atoms with van der Waals surface area (Å²) < 4.78 is 7.04. The van der Waals surface area contributed by atoms with Crippen molar-refractivity contribution in [3.63, 3.8) is 0 Å². The van der Waals surface area contributed by atoms with Crippen LogP contribution in [0.4, 0.5) is 5.95 Å². The fourth-order valence-corrected chi connectivity index (χ4v) is 4.65. The van der Waals surface area contributed by atoms with E-state index in [4.69, 9.17) is 10.5 Å². The number of benzene rings is 1. The van der Waals surface area contributed by atoms with E-state index in [2.05, 4.69) is 38.0 Å². The second kappa shape index (κ2) is 8.81. The minimum atomic E-state index is -0.133. The van der Waals surface area contributed by atoms with E-state index >= 15 is 0 Å². The molecule has 35 heavy (non-hydrogen) atoms. The van der Waals surface area contributed by atoms with E-state index in [1.54, 1.807) is 21.8 Å². The van der Waals surface area contributed by atoms with E-state index in [-0.39, 0.29) is 17.8 Å². The van der Waals surface area contributed by atoms with Crippen molar-refractivity contribution in [2.75, 3.05) is 32.0 Å². The van der Waals surface area contributed by atoms with E-state index < -0.39 is 0 Å². The Morgan fingerprint density at radius 2 is 2.00 bits per heavy atom. The van der Waals surface area contributed by atoms with Crippen molar-refractivity contribution in [1.29, 1.82) is 0 Å². The lowest BCUT2D eigenvalue weighted by atomic mass is 10.1. The number of rotatable bonds is 2. The largest absolute Gasteiger partial charge is 0.378 e. The lowest BCUT2D eigenvalue weighted by molar-refractivity contribution is 0.0300. The predicted octanol–water partition coefficient (Wildman–Crippen LogP) is 2.35. The fraction of sp³-hybridized carbons (Fsp3) is 0.269. The van der Waals surface area contributed by atoms with Crippen LogP contribution in [0.5, 0.6) is 0 Å². The van der Waals surface area contributed by atoms with Gasteiger partial charge in [0.15, 0.2) is 11.5 Å². The molecule has 9 nitrogen and oxygen atoms in total. The second-order valence-corrected chi connectivity index (χ2v) is 8.58. The monoisotopic (exact) mass is 465 g/mol. The van der Waals surface area contributed by atoms with Crippen LogP contribution in [0.1, 0.15) is 39.6 Å². The average molecular weight is 466 g/mol. The van der Waals surface area contributed by atoms with Gasteiger partial charge < -0.3 is 15.4 Å². The molecular formula is C26H23N7O2. The third kappa shape index (κ3) is 3.98. The van der Waals surface area contributed by atoms with E-state index in [9.17, 15) is 4.79 Å². The third-order valence-electron chi connectivity index (χ3n) is 6.41. The number of aryl methyl sites for hydroxylation is 1. The molecule has 0 bridgehead atoms. The molecule has 4 aromatic rings. The van der Waals surface area contributed by atoms with Crippen LogP contribution in [0.25, 0.3) is 16.7 Å². The molecule has 1 aliphatic heterocycles. The minimum absolute atomic E-state index is 0.118. The number of nitrogens with two attached hydrogens (primary N) is 1. The number of fused-ring (bicyclic) bond motifs is 2. The number of nitrogens with zero attached hydrogens (tertiary/aromatic N) is 6. The Morgan fingerprint density at radius 1 is 1.11 bits per heavy atom. The smallest absolute Gasteiger partial charge is 0.275 e. The SMILES string of the molecule is Nc1nccc(-n2nc(C(=O)N3CCOCC3)c3ccc(C#CC4CCc5cccnc54)cc32)n1. The molecule has 1 aliphatic carbocycles. The molecule has 1 saturated heterocycles. The zero-order chi connectivity index (χ0) is 23.8. The molecule has 1 unspecified atom stereocenters. The number of nitrogen functional groups attached to an aromatic ring is 1. The maximum Gasteiger partial charge on any atom is 0.275 e. The first-order valence-electron chi connectivity index (χ1n) is 11.6. The van der Waals surface area contributed by atoms with Crippen molar-refractivity contribution in [3.05, 3.63) is 71.3 Å². The highest BCUT2D eigenvalue weighted by Gasteiger charge is 2.25. The van der Waals surface area contributed by atoms with Crippen molar-refractivity contribution in [1.82, 2.24) is 29.6 Å². The second-order valence-electron chi connectivity index (χ2n) is 8.58. The molecule has 2 aliphatic rings. The molecule has 1 atom stereocenters. The lowest BCUT2D eigenvalue weighted by Crippen LogP contribution is -2.41. The van der Waals surface area contributed by atoms with Gasteiger partial charge in [0, 0.05) is 42.5 Å². The Bertz CT molecular complexity index is 1490. The Morgan fingerprint density at radius 3 is 2.86 bits per heavy atom. The summed E-state index contributed by atoms with van der Waals surface area (Å²) in [6, 6.07) is 11.6. The van der Waals surface area contributed by atoms with Crippen LogP contribution in [0.3, 0.4) is 0 Å². The number of hydrogen-bond donors (Lipinski definition) is 1. The average Bonchev–Trinajstić information content (AvgIpc) is 3.49. The van der Waals surface area contributed by atoms with Crippen LogP contribution >= 0.6 is 0 Å². The molecule has 0 spiro atoms. The molecule has 9 heteroatoms. The van der Waals surface area contributed by atoms with E-state index in [0.29, 0.717) is 37.8 Å². The summed E-state index contributed by atoms with van der Waals surface area (Å²) in [6.45, 7) is 2.11. The van der Waals surface area contributed by atoms with Crippen LogP contribution in [0.2, 0.25) is 0 Å². The molecule has 6 rings (SSSR count). The van der Waals surface area contributed by atoms with E-state index in [1.807, 2.05) is 30.5 Å². The Balaban J connectivity index is 1.42. The Labute approximate surface area is 202 Å². The number of aromatic nitrogens is 5. The maximum absolute atomic E-state index is 13.3. The number of hydrogen-bond acceptors (Lipinski definition) is 7. The van der Waals surface area contributed by atoms with Crippen LogP contribution in [-0.2, 0) is 11.2 Å². The quantitative estimate of drug-likeness (QED) is 0.452. The highest BCUT2D eigenvalue weighted by molar-refractivity contribution is 6.05. The number of morpholine rings is 1. The number of anilines is 1. The highest BCUT2D eigenvalue weighted by atomic mass is 16.5. The maximum atomic E-state index is 13.3. The van der Waals surface area contributed by atoms with Crippen LogP contribution in [0.15, 0.2) is 48.8 Å². The van der Waals surface area contributed by atoms with Crippen LogP contribution in [0, 0.1) is 11.8 Å². The van der Waals surface area contributed by atoms with Crippen LogP contribution in [-0.4, -0.2) is 61.8 Å². The summed E-state index contributed by atoms with van der Waals surface area (Å²) in [4.78, 5) is 27.9. The minimum Gasteiger partial charge on any atom is -0.378 e. The van der Waals surface area contributed by atoms with Gasteiger partial charge in [-0.3, -0.25) is 9.78 Å². The van der Waals surface area contributed by atoms with Gasteiger partial charge in [0.25, 0.3) is 5.91 Å². The van der Waals surface area contributed by atoms with Crippen molar-refractivity contribution in [2.24, 2.45) is 0 Å². The molecule has 1 aromatic carbocycles. The molecule has 174 valence electrons. The summed E-state index contributed by atoms with van der Waals surface area (Å²) >= 11 is 0. The lowest BCUT2D eigenvalue weighted by Gasteiger charge is -2.26. The number of amides is 1. The van der Waals surface area contributed by atoms with Gasteiger partial charge in [-0.05, 0) is 42.7 Å². The van der Waals surface area contributed by atoms with Crippen molar-refractivity contribution < 1.29 is 9.53 Å². The summed E-state index contributed by atoms with van der Waals surface area (Å²) in [5.41, 5.74) is 10.1. The highest BCUT2D eigenvalue weighted by Crippen LogP contribution is 2.30. The molecule has 1 fully saturated rings. The fourth-order valence-electron chi connectivity index (χ4n) is 4.65. The molecule has 4 heterocycles. The first-order valence-corrected chi connectivity index (χ1v) is 11.6. The van der Waals surface area contributed by atoms with Gasteiger partial charge in [-0.25, -0.2) is 9.67 Å². The van der Waals surface area contributed by atoms with Gasteiger partial charge in [0.1, 0.15) is 0 Å². The van der Waals surface area contributed by atoms with E-state index in [1.165, 1.54) is 5.56 Å². The van der Waals surface area contributed by atoms with Gasteiger partial charge in [-0.1, -0.05) is 17.9 Å². The number of carbonyl (C=O) groups is 1. The normalized spacial score (nSPS) is 17.1. The van der Waals surface area contributed by atoms with Crippen molar-refractivity contribution >= 4 is 22.8 Å². The van der Waals surface area contributed by atoms with E-state index in [0.717, 1.165) is 35.0 Å². The van der Waals surface area contributed by atoms with Crippen LogP contribution < -0.4 is 5.73 Å². The van der Waals surface area contributed by atoms with Gasteiger partial charge in [-0.2, -0.15) is 10.1 Å². The Hall–Kier alpha value is -4.29.